The first-order chi connectivity index (χ1) is 7.75. The number of nitrogens with two attached hydrogens (primary N) is 1. The van der Waals surface area contributed by atoms with Crippen LogP contribution in [0.15, 0.2) is 10.9 Å². The quantitative estimate of drug-likeness (QED) is 0.588. The van der Waals surface area contributed by atoms with Crippen molar-refractivity contribution in [2.45, 2.75) is 6.42 Å². The van der Waals surface area contributed by atoms with Crippen LogP contribution in [0.5, 0.6) is 0 Å². The maximum Gasteiger partial charge on any atom is 0.288 e. The molecule has 0 bridgehead atoms. The molecule has 9 nitrogen and oxygen atoms in total. The molecule has 0 saturated heterocycles. The minimum Gasteiger partial charge on any atom is -0.366 e. The highest BCUT2D eigenvalue weighted by molar-refractivity contribution is 5.90. The van der Waals surface area contributed by atoms with Gasteiger partial charge in [-0.15, -0.1) is 5.10 Å². The van der Waals surface area contributed by atoms with E-state index in [1.54, 1.807) is 0 Å². The lowest BCUT2D eigenvalue weighted by Gasteiger charge is -1.98. The minimum absolute atomic E-state index is 0.0297. The number of hydrogen-bond donors (Lipinski definition) is 3. The van der Waals surface area contributed by atoms with Crippen molar-refractivity contribution in [2.75, 3.05) is 12.3 Å². The number of anilines is 1. The smallest absolute Gasteiger partial charge is 0.288 e. The summed E-state index contributed by atoms with van der Waals surface area (Å²) in [5.41, 5.74) is 5.26. The number of rotatable bonds is 4. The van der Waals surface area contributed by atoms with Crippen molar-refractivity contribution in [2.24, 2.45) is 0 Å². The lowest BCUT2D eigenvalue weighted by molar-refractivity contribution is 0.0943. The molecule has 0 fully saturated rings. The van der Waals surface area contributed by atoms with Gasteiger partial charge in [0.2, 0.25) is 17.7 Å². The fourth-order valence-electron chi connectivity index (χ4n) is 1.05. The normalized spacial score (nSPS) is 10.2. The SMILES string of the molecule is Nc1n[nH]c(C(=O)NCCc2ncno2)n1. The van der Waals surface area contributed by atoms with Crippen LogP contribution in [0.1, 0.15) is 16.5 Å². The molecule has 0 aromatic carbocycles. The standard InChI is InChI=1S/C7H9N7O2/c8-7-12-5(13-14-7)6(15)9-2-1-4-10-3-11-16-4/h3H,1-2H2,(H,9,15)(H3,8,12,13,14). The van der Waals surface area contributed by atoms with Crippen molar-refractivity contribution in [3.05, 3.63) is 18.0 Å². The molecule has 0 aliphatic heterocycles. The largest absolute Gasteiger partial charge is 0.366 e. The van der Waals surface area contributed by atoms with Gasteiger partial charge in [0.1, 0.15) is 0 Å². The molecule has 0 saturated carbocycles. The Balaban J connectivity index is 1.80. The van der Waals surface area contributed by atoms with Crippen molar-refractivity contribution in [3.8, 4) is 0 Å². The van der Waals surface area contributed by atoms with Gasteiger partial charge in [-0.05, 0) is 0 Å². The van der Waals surface area contributed by atoms with Crippen LogP contribution in [0.2, 0.25) is 0 Å². The Hall–Kier alpha value is -2.45. The maximum atomic E-state index is 11.4. The van der Waals surface area contributed by atoms with Crippen LogP contribution in [-0.2, 0) is 6.42 Å². The second kappa shape index (κ2) is 4.38. The summed E-state index contributed by atoms with van der Waals surface area (Å²) in [7, 11) is 0. The molecule has 0 unspecified atom stereocenters. The van der Waals surface area contributed by atoms with E-state index in [-0.39, 0.29) is 17.7 Å². The zero-order chi connectivity index (χ0) is 11.4. The summed E-state index contributed by atoms with van der Waals surface area (Å²) in [4.78, 5) is 18.9. The van der Waals surface area contributed by atoms with E-state index >= 15 is 0 Å². The van der Waals surface area contributed by atoms with Gasteiger partial charge < -0.3 is 15.6 Å². The maximum absolute atomic E-state index is 11.4. The zero-order valence-corrected chi connectivity index (χ0v) is 8.17. The van der Waals surface area contributed by atoms with E-state index in [1.165, 1.54) is 6.33 Å². The van der Waals surface area contributed by atoms with Gasteiger partial charge in [0.25, 0.3) is 5.91 Å². The molecule has 4 N–H and O–H groups in total. The number of aromatic nitrogens is 5. The van der Waals surface area contributed by atoms with E-state index in [9.17, 15) is 4.79 Å². The predicted octanol–water partition coefficient (Wildman–Crippen LogP) is -1.26. The summed E-state index contributed by atoms with van der Waals surface area (Å²) >= 11 is 0. The number of aromatic amines is 1. The number of amides is 1. The van der Waals surface area contributed by atoms with Crippen LogP contribution in [0.3, 0.4) is 0 Å². The third kappa shape index (κ3) is 2.32. The van der Waals surface area contributed by atoms with Crippen LogP contribution < -0.4 is 11.1 Å². The summed E-state index contributed by atoms with van der Waals surface area (Å²) < 4.78 is 4.76. The highest BCUT2D eigenvalue weighted by Crippen LogP contribution is 1.94. The van der Waals surface area contributed by atoms with Crippen molar-refractivity contribution in [3.63, 3.8) is 0 Å². The first-order valence-corrected chi connectivity index (χ1v) is 4.47. The predicted molar refractivity (Wildman–Crippen MR) is 51.1 cm³/mol. The van der Waals surface area contributed by atoms with E-state index in [0.717, 1.165) is 0 Å². The van der Waals surface area contributed by atoms with Crippen LogP contribution in [0, 0.1) is 0 Å². The van der Waals surface area contributed by atoms with Gasteiger partial charge in [-0.2, -0.15) is 9.97 Å². The molecule has 2 heterocycles. The first kappa shape index (κ1) is 10.1. The number of carbonyl (C=O) groups excluding carboxylic acids is 1. The fourth-order valence-corrected chi connectivity index (χ4v) is 1.05. The molecule has 84 valence electrons. The van der Waals surface area contributed by atoms with Gasteiger partial charge in [0.15, 0.2) is 6.33 Å². The van der Waals surface area contributed by atoms with Crippen LogP contribution in [-0.4, -0.2) is 37.8 Å². The molecule has 1 amide bonds. The molecule has 0 atom stereocenters. The van der Waals surface area contributed by atoms with E-state index in [2.05, 4.69) is 30.6 Å². The summed E-state index contributed by atoms with van der Waals surface area (Å²) in [6, 6.07) is 0. The summed E-state index contributed by atoms with van der Waals surface area (Å²) in [6.07, 6.45) is 1.75. The Kier molecular flexibility index (Phi) is 2.76. The number of nitrogens with one attached hydrogen (secondary N) is 2. The van der Waals surface area contributed by atoms with E-state index in [0.29, 0.717) is 18.9 Å². The Labute approximate surface area is 89.4 Å². The van der Waals surface area contributed by atoms with Gasteiger partial charge in [0, 0.05) is 13.0 Å². The fraction of sp³-hybridized carbons (Fsp3) is 0.286. The Morgan fingerprint density at radius 2 is 2.50 bits per heavy atom. The van der Waals surface area contributed by atoms with Gasteiger partial charge in [0.05, 0.1) is 0 Å². The van der Waals surface area contributed by atoms with Crippen molar-refractivity contribution in [1.82, 2.24) is 30.6 Å². The molecule has 2 aromatic rings. The summed E-state index contributed by atoms with van der Waals surface area (Å²) in [5, 5.41) is 12.0. The van der Waals surface area contributed by atoms with Crippen molar-refractivity contribution < 1.29 is 9.32 Å². The summed E-state index contributed by atoms with van der Waals surface area (Å²) in [6.45, 7) is 0.363. The molecule has 2 rings (SSSR count). The third-order valence-corrected chi connectivity index (χ3v) is 1.75. The van der Waals surface area contributed by atoms with Gasteiger partial charge in [-0.3, -0.25) is 9.89 Å². The molecule has 0 aliphatic rings. The Morgan fingerprint density at radius 3 is 3.12 bits per heavy atom. The second-order valence-electron chi connectivity index (χ2n) is 2.88. The first-order valence-electron chi connectivity index (χ1n) is 4.47. The van der Waals surface area contributed by atoms with Crippen LogP contribution in [0.4, 0.5) is 5.95 Å². The Bertz CT molecular complexity index is 463. The van der Waals surface area contributed by atoms with E-state index in [4.69, 9.17) is 10.3 Å². The van der Waals surface area contributed by atoms with Crippen molar-refractivity contribution in [1.29, 1.82) is 0 Å². The van der Waals surface area contributed by atoms with Crippen molar-refractivity contribution >= 4 is 11.9 Å². The second-order valence-corrected chi connectivity index (χ2v) is 2.88. The molecule has 16 heavy (non-hydrogen) atoms. The van der Waals surface area contributed by atoms with Crippen LogP contribution in [0.25, 0.3) is 0 Å². The van der Waals surface area contributed by atoms with E-state index < -0.39 is 0 Å². The van der Waals surface area contributed by atoms with E-state index in [1.807, 2.05) is 0 Å². The Morgan fingerprint density at radius 1 is 1.62 bits per heavy atom. The average molecular weight is 223 g/mol. The molecule has 9 heteroatoms. The van der Waals surface area contributed by atoms with Crippen LogP contribution >= 0.6 is 0 Å². The zero-order valence-electron chi connectivity index (χ0n) is 8.17. The monoisotopic (exact) mass is 223 g/mol. The average Bonchev–Trinajstić information content (AvgIpc) is 2.89. The lowest BCUT2D eigenvalue weighted by atomic mass is 10.4. The number of nitrogens with zero attached hydrogens (tertiary/aromatic N) is 4. The molecule has 0 radical (unpaired) electrons. The number of H-pyrrole nitrogens is 1. The lowest BCUT2D eigenvalue weighted by Crippen LogP contribution is -2.26. The third-order valence-electron chi connectivity index (χ3n) is 1.75. The highest BCUT2D eigenvalue weighted by atomic mass is 16.5. The molecule has 0 aliphatic carbocycles. The van der Waals surface area contributed by atoms with Gasteiger partial charge in [-0.1, -0.05) is 5.16 Å². The minimum atomic E-state index is -0.385. The van der Waals surface area contributed by atoms with Gasteiger partial charge in [-0.25, -0.2) is 0 Å². The number of carbonyl (C=O) groups is 1. The highest BCUT2D eigenvalue weighted by Gasteiger charge is 2.10. The molecule has 2 aromatic heterocycles. The molecular weight excluding hydrogens is 214 g/mol. The van der Waals surface area contributed by atoms with Gasteiger partial charge >= 0.3 is 0 Å². The summed E-state index contributed by atoms with van der Waals surface area (Å²) in [5.74, 6) is 0.172. The number of hydrogen-bond acceptors (Lipinski definition) is 7. The molecule has 0 spiro atoms. The topological polar surface area (TPSA) is 136 Å². The molecular formula is C7H9N7O2. The number of nitrogen functional groups attached to an aromatic ring is 1.